The maximum Gasteiger partial charge on any atom is 0.185 e. The highest BCUT2D eigenvalue weighted by atomic mass is 16.1. The van der Waals surface area contributed by atoms with Crippen LogP contribution < -0.4 is 0 Å². The van der Waals surface area contributed by atoms with Gasteiger partial charge in [-0.15, -0.1) is 0 Å². The molecular weight excluding hydrogens is 244 g/mol. The van der Waals surface area contributed by atoms with Crippen LogP contribution >= 0.6 is 0 Å². The maximum absolute atomic E-state index is 11.7. The lowest BCUT2D eigenvalue weighted by Gasteiger charge is -1.94. The van der Waals surface area contributed by atoms with Crippen molar-refractivity contribution in [2.75, 3.05) is 0 Å². The van der Waals surface area contributed by atoms with E-state index in [1.807, 2.05) is 94.4 Å². The maximum atomic E-state index is 11.7. The summed E-state index contributed by atoms with van der Waals surface area (Å²) >= 11 is 0. The van der Waals surface area contributed by atoms with Crippen molar-refractivity contribution in [1.29, 1.82) is 0 Å². The first-order valence-corrected chi connectivity index (χ1v) is 7.19. The predicted molar refractivity (Wildman–Crippen MR) is 88.9 cm³/mol. The molecule has 0 heterocycles. The number of ketones is 1. The highest BCUT2D eigenvalue weighted by Crippen LogP contribution is 2.05. The Balaban J connectivity index is 0.000000829. The molecule has 106 valence electrons. The zero-order chi connectivity index (χ0) is 15.2. The van der Waals surface area contributed by atoms with E-state index in [-0.39, 0.29) is 5.78 Å². The van der Waals surface area contributed by atoms with Crippen LogP contribution in [0.25, 0.3) is 6.08 Å². The zero-order valence-electron chi connectivity index (χ0n) is 12.8. The molecule has 0 radical (unpaired) electrons. The Morgan fingerprint density at radius 3 is 1.70 bits per heavy atom. The summed E-state index contributed by atoms with van der Waals surface area (Å²) in [5, 5.41) is 0. The molecule has 0 spiro atoms. The smallest absolute Gasteiger partial charge is 0.185 e. The van der Waals surface area contributed by atoms with Crippen molar-refractivity contribution in [3.63, 3.8) is 0 Å². The lowest BCUT2D eigenvalue weighted by Crippen LogP contribution is -1.92. The number of hydrogen-bond acceptors (Lipinski definition) is 1. The van der Waals surface area contributed by atoms with E-state index in [0.29, 0.717) is 0 Å². The van der Waals surface area contributed by atoms with Crippen molar-refractivity contribution in [3.8, 4) is 0 Å². The number of allylic oxidation sites excluding steroid dienone is 1. The quantitative estimate of drug-likeness (QED) is 0.520. The highest BCUT2D eigenvalue weighted by molar-refractivity contribution is 6.06. The van der Waals surface area contributed by atoms with Crippen molar-refractivity contribution < 1.29 is 4.79 Å². The van der Waals surface area contributed by atoms with Crippen LogP contribution in [-0.2, 0) is 0 Å². The van der Waals surface area contributed by atoms with Crippen molar-refractivity contribution >= 4 is 11.9 Å². The number of carbonyl (C=O) groups is 1. The van der Waals surface area contributed by atoms with Crippen LogP contribution in [-0.4, -0.2) is 5.78 Å². The minimum absolute atomic E-state index is 0.0319. The Kier molecular flexibility index (Phi) is 10.6. The van der Waals surface area contributed by atoms with Gasteiger partial charge in [-0.3, -0.25) is 4.79 Å². The Hall–Kier alpha value is -2.15. The largest absolute Gasteiger partial charge is 0.289 e. The van der Waals surface area contributed by atoms with E-state index in [4.69, 9.17) is 0 Å². The molecule has 2 aromatic rings. The fourth-order valence-corrected chi connectivity index (χ4v) is 1.43. The number of rotatable bonds is 3. The van der Waals surface area contributed by atoms with Crippen molar-refractivity contribution in [1.82, 2.24) is 0 Å². The molecule has 0 fully saturated rings. The summed E-state index contributed by atoms with van der Waals surface area (Å²) in [7, 11) is 0. The zero-order valence-corrected chi connectivity index (χ0v) is 12.8. The second kappa shape index (κ2) is 11.9. The molecule has 0 saturated heterocycles. The molecule has 0 unspecified atom stereocenters. The van der Waals surface area contributed by atoms with Gasteiger partial charge in [-0.1, -0.05) is 94.4 Å². The van der Waals surface area contributed by atoms with Crippen LogP contribution in [0.5, 0.6) is 0 Å². The molecule has 0 aromatic heterocycles. The monoisotopic (exact) mass is 268 g/mol. The first kappa shape index (κ1) is 17.8. The van der Waals surface area contributed by atoms with Gasteiger partial charge in [0, 0.05) is 5.56 Å². The molecule has 2 aromatic carbocycles. The average molecular weight is 268 g/mol. The Morgan fingerprint density at radius 1 is 0.750 bits per heavy atom. The third-order valence-electron chi connectivity index (χ3n) is 2.29. The molecule has 0 saturated carbocycles. The molecular formula is C19H24O. The van der Waals surface area contributed by atoms with Gasteiger partial charge in [0.15, 0.2) is 5.78 Å². The molecule has 0 aliphatic heterocycles. The average Bonchev–Trinajstić information content (AvgIpc) is 2.58. The van der Waals surface area contributed by atoms with E-state index in [1.54, 1.807) is 6.08 Å². The molecule has 0 bridgehead atoms. The van der Waals surface area contributed by atoms with Gasteiger partial charge in [0.05, 0.1) is 0 Å². The van der Waals surface area contributed by atoms with E-state index < -0.39 is 0 Å². The van der Waals surface area contributed by atoms with Crippen LogP contribution in [0.4, 0.5) is 0 Å². The fourth-order valence-electron chi connectivity index (χ4n) is 1.43. The lowest BCUT2D eigenvalue weighted by molar-refractivity contribution is 0.104. The molecule has 1 heteroatoms. The van der Waals surface area contributed by atoms with Crippen LogP contribution in [0.2, 0.25) is 0 Å². The molecule has 2 rings (SSSR count). The Morgan fingerprint density at radius 2 is 1.20 bits per heavy atom. The summed E-state index contributed by atoms with van der Waals surface area (Å²) in [4.78, 5) is 11.7. The second-order valence-electron chi connectivity index (χ2n) is 3.47. The highest BCUT2D eigenvalue weighted by Gasteiger charge is 1.98. The first-order chi connectivity index (χ1) is 9.86. The van der Waals surface area contributed by atoms with Gasteiger partial charge in [-0.25, -0.2) is 0 Å². The molecule has 0 amide bonds. The molecule has 0 aliphatic rings. The van der Waals surface area contributed by atoms with Gasteiger partial charge < -0.3 is 0 Å². The molecule has 0 atom stereocenters. The van der Waals surface area contributed by atoms with Crippen molar-refractivity contribution in [2.45, 2.75) is 27.7 Å². The second-order valence-corrected chi connectivity index (χ2v) is 3.47. The summed E-state index contributed by atoms with van der Waals surface area (Å²) in [6.07, 6.45) is 3.43. The van der Waals surface area contributed by atoms with Crippen LogP contribution in [0, 0.1) is 0 Å². The van der Waals surface area contributed by atoms with Crippen molar-refractivity contribution in [3.05, 3.63) is 77.9 Å². The minimum Gasteiger partial charge on any atom is -0.289 e. The third-order valence-corrected chi connectivity index (χ3v) is 2.29. The van der Waals surface area contributed by atoms with Gasteiger partial charge in [0.2, 0.25) is 0 Å². The van der Waals surface area contributed by atoms with Gasteiger partial charge >= 0.3 is 0 Å². The van der Waals surface area contributed by atoms with E-state index in [1.165, 1.54) is 0 Å². The van der Waals surface area contributed by atoms with E-state index >= 15 is 0 Å². The van der Waals surface area contributed by atoms with Gasteiger partial charge in [0.1, 0.15) is 0 Å². The van der Waals surface area contributed by atoms with Crippen molar-refractivity contribution in [2.24, 2.45) is 0 Å². The summed E-state index contributed by atoms with van der Waals surface area (Å²) in [5.74, 6) is 0.0319. The fraction of sp³-hybridized carbons (Fsp3) is 0.211. The normalized spacial score (nSPS) is 9.00. The summed E-state index contributed by atoms with van der Waals surface area (Å²) in [6.45, 7) is 8.00. The summed E-state index contributed by atoms with van der Waals surface area (Å²) in [6, 6.07) is 19.1. The van der Waals surface area contributed by atoms with E-state index in [0.717, 1.165) is 11.1 Å². The van der Waals surface area contributed by atoms with Crippen LogP contribution in [0.1, 0.15) is 43.6 Å². The molecule has 0 N–H and O–H groups in total. The molecule has 1 nitrogen and oxygen atoms in total. The summed E-state index contributed by atoms with van der Waals surface area (Å²) < 4.78 is 0. The van der Waals surface area contributed by atoms with Gasteiger partial charge in [-0.05, 0) is 11.6 Å². The number of carbonyl (C=O) groups excluding carboxylic acids is 1. The van der Waals surface area contributed by atoms with Gasteiger partial charge in [-0.2, -0.15) is 0 Å². The SMILES string of the molecule is CC.CC.O=C(C=Cc1ccccc1)c1ccccc1. The van der Waals surface area contributed by atoms with Crippen LogP contribution in [0.3, 0.4) is 0 Å². The number of benzene rings is 2. The third kappa shape index (κ3) is 6.69. The number of hydrogen-bond donors (Lipinski definition) is 0. The lowest BCUT2D eigenvalue weighted by atomic mass is 10.1. The predicted octanol–water partition coefficient (Wildman–Crippen LogP) is 5.64. The standard InChI is InChI=1S/C15H12O.2C2H6/c16-15(14-9-5-2-6-10-14)12-11-13-7-3-1-4-8-13;2*1-2/h1-12H;2*1-2H3. The van der Waals surface area contributed by atoms with Crippen LogP contribution in [0.15, 0.2) is 66.7 Å². The Bertz CT molecular complexity index is 484. The Labute approximate surface area is 123 Å². The van der Waals surface area contributed by atoms with Gasteiger partial charge in [0.25, 0.3) is 0 Å². The van der Waals surface area contributed by atoms with E-state index in [2.05, 4.69) is 0 Å². The first-order valence-electron chi connectivity index (χ1n) is 7.19. The van der Waals surface area contributed by atoms with E-state index in [9.17, 15) is 4.79 Å². The molecule has 20 heavy (non-hydrogen) atoms. The minimum atomic E-state index is 0.0319. The summed E-state index contributed by atoms with van der Waals surface area (Å²) in [5.41, 5.74) is 1.75. The molecule has 0 aliphatic carbocycles. The topological polar surface area (TPSA) is 17.1 Å².